The molecule has 0 aliphatic carbocycles. The Hall–Kier alpha value is -2.15. The molecule has 1 heterocycles. The summed E-state index contributed by atoms with van der Waals surface area (Å²) >= 11 is 0. The fraction of sp³-hybridized carbons (Fsp3) is 0.417. The number of anilines is 1. The van der Waals surface area contributed by atoms with Gasteiger partial charge in [0.25, 0.3) is 11.6 Å². The van der Waals surface area contributed by atoms with E-state index in [2.05, 4.69) is 0 Å². The summed E-state index contributed by atoms with van der Waals surface area (Å²) in [6.07, 6.45) is 0.761. The summed E-state index contributed by atoms with van der Waals surface area (Å²) in [5, 5.41) is 10.8. The van der Waals surface area contributed by atoms with Gasteiger partial charge in [-0.05, 0) is 12.5 Å². The van der Waals surface area contributed by atoms with Crippen molar-refractivity contribution in [2.24, 2.45) is 0 Å². The number of carbonyl (C=O) groups excluding carboxylic acids is 1. The summed E-state index contributed by atoms with van der Waals surface area (Å²) in [5.41, 5.74) is 5.51. The molecule has 2 N–H and O–H groups in total. The summed E-state index contributed by atoms with van der Waals surface area (Å²) in [6, 6.07) is 4.23. The minimum Gasteiger partial charge on any atom is -0.393 e. The first kappa shape index (κ1) is 13.3. The Morgan fingerprint density at radius 2 is 2.32 bits per heavy atom. The second-order valence-electron chi connectivity index (χ2n) is 4.43. The normalized spacial score (nSPS) is 18.3. The fourth-order valence-corrected chi connectivity index (χ4v) is 2.08. The highest BCUT2D eigenvalue weighted by Crippen LogP contribution is 2.26. The van der Waals surface area contributed by atoms with Gasteiger partial charge in [0.2, 0.25) is 0 Å². The van der Waals surface area contributed by atoms with Crippen LogP contribution in [-0.4, -0.2) is 42.0 Å². The van der Waals surface area contributed by atoms with E-state index in [1.165, 1.54) is 23.1 Å². The van der Waals surface area contributed by atoms with Crippen LogP contribution in [0.15, 0.2) is 18.2 Å². The van der Waals surface area contributed by atoms with Gasteiger partial charge in [0.05, 0.1) is 23.1 Å². The Bertz CT molecular complexity index is 512. The number of nitrogens with two attached hydrogens (primary N) is 1. The van der Waals surface area contributed by atoms with Gasteiger partial charge in [-0.15, -0.1) is 0 Å². The van der Waals surface area contributed by atoms with Crippen molar-refractivity contribution < 1.29 is 14.5 Å². The summed E-state index contributed by atoms with van der Waals surface area (Å²) in [6.45, 7) is 1.10. The fourth-order valence-electron chi connectivity index (χ4n) is 2.08. The average Bonchev–Trinajstić information content (AvgIpc) is 2.90. The molecular formula is C12H15N3O4. The zero-order valence-corrected chi connectivity index (χ0v) is 10.5. The van der Waals surface area contributed by atoms with Crippen molar-refractivity contribution >= 4 is 17.3 Å². The number of nitro groups is 1. The third kappa shape index (κ3) is 2.50. The van der Waals surface area contributed by atoms with Gasteiger partial charge >= 0.3 is 0 Å². The maximum Gasteiger partial charge on any atom is 0.292 e. The summed E-state index contributed by atoms with van der Waals surface area (Å²) in [4.78, 5) is 24.0. The van der Waals surface area contributed by atoms with Gasteiger partial charge in [-0.1, -0.05) is 6.07 Å². The predicted octanol–water partition coefficient (Wildman–Crippen LogP) is 1.04. The van der Waals surface area contributed by atoms with Gasteiger partial charge in [0, 0.05) is 19.7 Å². The number of nitro benzene ring substituents is 1. The van der Waals surface area contributed by atoms with Crippen molar-refractivity contribution in [3.63, 3.8) is 0 Å². The van der Waals surface area contributed by atoms with E-state index >= 15 is 0 Å². The Morgan fingerprint density at radius 1 is 1.58 bits per heavy atom. The number of nitrogen functional groups attached to an aromatic ring is 1. The second kappa shape index (κ2) is 5.23. The van der Waals surface area contributed by atoms with Crippen LogP contribution in [0.2, 0.25) is 0 Å². The standard InChI is InChI=1S/C12H15N3O4/c1-14(8-5-6-19-7-8)12(16)9-3-2-4-10(11(9)13)15(17)18/h2-4,8H,5-7,13H2,1H3. The summed E-state index contributed by atoms with van der Waals surface area (Å²) < 4.78 is 5.22. The van der Waals surface area contributed by atoms with Crippen LogP contribution in [0.1, 0.15) is 16.8 Å². The highest BCUT2D eigenvalue weighted by atomic mass is 16.6. The molecule has 1 amide bonds. The Kier molecular flexibility index (Phi) is 3.66. The van der Waals surface area contributed by atoms with Crippen molar-refractivity contribution in [2.45, 2.75) is 12.5 Å². The topological polar surface area (TPSA) is 98.7 Å². The number of hydrogen-bond acceptors (Lipinski definition) is 5. The van der Waals surface area contributed by atoms with E-state index in [9.17, 15) is 14.9 Å². The van der Waals surface area contributed by atoms with Crippen LogP contribution in [0.3, 0.4) is 0 Å². The molecule has 0 bridgehead atoms. The lowest BCUT2D eigenvalue weighted by molar-refractivity contribution is -0.383. The van der Waals surface area contributed by atoms with Crippen LogP contribution in [0.4, 0.5) is 11.4 Å². The molecule has 1 atom stereocenters. The molecule has 102 valence electrons. The lowest BCUT2D eigenvalue weighted by Gasteiger charge is -2.23. The van der Waals surface area contributed by atoms with Gasteiger partial charge in [-0.25, -0.2) is 0 Å². The molecular weight excluding hydrogens is 250 g/mol. The van der Waals surface area contributed by atoms with Crippen molar-refractivity contribution in [2.75, 3.05) is 26.0 Å². The van der Waals surface area contributed by atoms with Crippen LogP contribution in [0, 0.1) is 10.1 Å². The first-order valence-corrected chi connectivity index (χ1v) is 5.90. The molecule has 19 heavy (non-hydrogen) atoms. The number of nitrogens with zero attached hydrogens (tertiary/aromatic N) is 2. The third-order valence-corrected chi connectivity index (χ3v) is 3.28. The zero-order valence-electron chi connectivity index (χ0n) is 10.5. The first-order valence-electron chi connectivity index (χ1n) is 5.90. The van der Waals surface area contributed by atoms with Crippen molar-refractivity contribution in [3.8, 4) is 0 Å². The molecule has 1 fully saturated rings. The molecule has 1 aliphatic rings. The maximum absolute atomic E-state index is 12.3. The van der Waals surface area contributed by atoms with Crippen molar-refractivity contribution in [1.82, 2.24) is 4.90 Å². The molecule has 0 radical (unpaired) electrons. The molecule has 0 aromatic heterocycles. The maximum atomic E-state index is 12.3. The molecule has 7 heteroatoms. The Balaban J connectivity index is 2.28. The van der Waals surface area contributed by atoms with Crippen molar-refractivity contribution in [3.05, 3.63) is 33.9 Å². The Labute approximate surface area is 110 Å². The van der Waals surface area contributed by atoms with Gasteiger partial charge in [0.15, 0.2) is 0 Å². The van der Waals surface area contributed by atoms with E-state index in [4.69, 9.17) is 10.5 Å². The van der Waals surface area contributed by atoms with E-state index in [0.29, 0.717) is 13.2 Å². The molecule has 0 spiro atoms. The quantitative estimate of drug-likeness (QED) is 0.500. The number of carbonyl (C=O) groups is 1. The van der Waals surface area contributed by atoms with Gasteiger partial charge < -0.3 is 15.4 Å². The Morgan fingerprint density at radius 3 is 2.89 bits per heavy atom. The summed E-state index contributed by atoms with van der Waals surface area (Å²) in [7, 11) is 1.65. The molecule has 2 rings (SSSR count). The largest absolute Gasteiger partial charge is 0.393 e. The monoisotopic (exact) mass is 265 g/mol. The van der Waals surface area contributed by atoms with Crippen LogP contribution >= 0.6 is 0 Å². The van der Waals surface area contributed by atoms with Crippen LogP contribution in [0.25, 0.3) is 0 Å². The van der Waals surface area contributed by atoms with Gasteiger partial charge in [0.1, 0.15) is 5.69 Å². The van der Waals surface area contributed by atoms with Gasteiger partial charge in [-0.3, -0.25) is 14.9 Å². The molecule has 0 saturated carbocycles. The van der Waals surface area contributed by atoms with E-state index in [1.807, 2.05) is 0 Å². The summed E-state index contributed by atoms with van der Waals surface area (Å²) in [5.74, 6) is -0.322. The highest BCUT2D eigenvalue weighted by Gasteiger charge is 2.27. The molecule has 1 saturated heterocycles. The predicted molar refractivity (Wildman–Crippen MR) is 68.8 cm³/mol. The van der Waals surface area contributed by atoms with E-state index in [0.717, 1.165) is 6.42 Å². The molecule has 1 aromatic rings. The SMILES string of the molecule is CN(C(=O)c1cccc([N+](=O)[O-])c1N)C1CCOC1. The number of likely N-dealkylation sites (N-methyl/N-ethyl adjacent to an activating group) is 1. The highest BCUT2D eigenvalue weighted by molar-refractivity contribution is 6.01. The van der Waals surface area contributed by atoms with Crippen LogP contribution in [0.5, 0.6) is 0 Å². The molecule has 1 aromatic carbocycles. The number of para-hydroxylation sites is 1. The van der Waals surface area contributed by atoms with E-state index < -0.39 is 4.92 Å². The zero-order chi connectivity index (χ0) is 14.0. The lowest BCUT2D eigenvalue weighted by atomic mass is 10.1. The molecule has 7 nitrogen and oxygen atoms in total. The lowest BCUT2D eigenvalue weighted by Crippen LogP contribution is -2.37. The number of ether oxygens (including phenoxy) is 1. The molecule has 1 unspecified atom stereocenters. The van der Waals surface area contributed by atoms with Crippen LogP contribution in [-0.2, 0) is 4.74 Å². The van der Waals surface area contributed by atoms with Crippen molar-refractivity contribution in [1.29, 1.82) is 0 Å². The van der Waals surface area contributed by atoms with E-state index in [-0.39, 0.29) is 28.9 Å². The second-order valence-corrected chi connectivity index (χ2v) is 4.43. The minimum absolute atomic E-state index is 0.00818. The minimum atomic E-state index is -0.592. The number of rotatable bonds is 3. The number of benzene rings is 1. The first-order chi connectivity index (χ1) is 9.02. The van der Waals surface area contributed by atoms with Gasteiger partial charge in [-0.2, -0.15) is 0 Å². The third-order valence-electron chi connectivity index (χ3n) is 3.28. The van der Waals surface area contributed by atoms with Crippen LogP contribution < -0.4 is 5.73 Å². The number of amides is 1. The smallest absolute Gasteiger partial charge is 0.292 e. The average molecular weight is 265 g/mol. The molecule has 1 aliphatic heterocycles. The number of hydrogen-bond donors (Lipinski definition) is 1. The van der Waals surface area contributed by atoms with E-state index in [1.54, 1.807) is 7.05 Å².